The first-order valence-corrected chi connectivity index (χ1v) is 9.18. The van der Waals surface area contributed by atoms with E-state index in [9.17, 15) is 9.59 Å². The van der Waals surface area contributed by atoms with Crippen LogP contribution >= 0.6 is 0 Å². The van der Waals surface area contributed by atoms with Crippen LogP contribution in [0.15, 0.2) is 24.3 Å². The number of rotatable bonds is 2. The highest BCUT2D eigenvalue weighted by Crippen LogP contribution is 2.31. The maximum absolute atomic E-state index is 12.7. The van der Waals surface area contributed by atoms with Crippen LogP contribution in [-0.4, -0.2) is 60.5 Å². The SMILES string of the molecule is O=C(C1CCCC1)N1CCN(C(=O)C2COc3ccccc3O2)CC1. The molecule has 1 aliphatic carbocycles. The van der Waals surface area contributed by atoms with Crippen molar-refractivity contribution in [2.24, 2.45) is 5.92 Å². The number of nitrogens with zero attached hydrogens (tertiary/aromatic N) is 2. The first kappa shape index (κ1) is 16.2. The summed E-state index contributed by atoms with van der Waals surface area (Å²) in [5, 5.41) is 0. The molecule has 4 rings (SSSR count). The molecule has 1 atom stereocenters. The first-order valence-electron chi connectivity index (χ1n) is 9.18. The lowest BCUT2D eigenvalue weighted by molar-refractivity contribution is -0.147. The maximum Gasteiger partial charge on any atom is 0.267 e. The maximum atomic E-state index is 12.7. The number of fused-ring (bicyclic) bond motifs is 1. The molecule has 25 heavy (non-hydrogen) atoms. The van der Waals surface area contributed by atoms with E-state index in [0.29, 0.717) is 37.7 Å². The number of para-hydroxylation sites is 2. The number of hydrogen-bond acceptors (Lipinski definition) is 4. The summed E-state index contributed by atoms with van der Waals surface area (Å²) >= 11 is 0. The van der Waals surface area contributed by atoms with E-state index in [2.05, 4.69) is 0 Å². The van der Waals surface area contributed by atoms with Crippen LogP contribution in [0.2, 0.25) is 0 Å². The molecule has 6 nitrogen and oxygen atoms in total. The van der Waals surface area contributed by atoms with Gasteiger partial charge in [-0.15, -0.1) is 0 Å². The minimum Gasteiger partial charge on any atom is -0.485 e. The number of carbonyl (C=O) groups excluding carboxylic acids is 2. The van der Waals surface area contributed by atoms with Gasteiger partial charge >= 0.3 is 0 Å². The van der Waals surface area contributed by atoms with Gasteiger partial charge in [0, 0.05) is 32.1 Å². The van der Waals surface area contributed by atoms with Gasteiger partial charge in [0.25, 0.3) is 5.91 Å². The normalized spacial score (nSPS) is 23.6. The van der Waals surface area contributed by atoms with Crippen LogP contribution in [0.3, 0.4) is 0 Å². The van der Waals surface area contributed by atoms with Gasteiger partial charge in [-0.3, -0.25) is 9.59 Å². The van der Waals surface area contributed by atoms with Crippen molar-refractivity contribution in [1.29, 1.82) is 0 Å². The van der Waals surface area contributed by atoms with Crippen LogP contribution in [0.5, 0.6) is 11.5 Å². The van der Waals surface area contributed by atoms with Gasteiger partial charge in [0.15, 0.2) is 11.5 Å². The van der Waals surface area contributed by atoms with E-state index in [0.717, 1.165) is 25.7 Å². The van der Waals surface area contributed by atoms with Crippen LogP contribution in [0, 0.1) is 5.92 Å². The van der Waals surface area contributed by atoms with Crippen LogP contribution in [0.1, 0.15) is 25.7 Å². The second-order valence-corrected chi connectivity index (χ2v) is 7.00. The molecule has 0 radical (unpaired) electrons. The summed E-state index contributed by atoms with van der Waals surface area (Å²) in [5.74, 6) is 1.72. The second-order valence-electron chi connectivity index (χ2n) is 7.00. The summed E-state index contributed by atoms with van der Waals surface area (Å²) < 4.78 is 11.4. The zero-order chi connectivity index (χ0) is 17.2. The Morgan fingerprint density at radius 2 is 1.48 bits per heavy atom. The molecule has 0 aromatic heterocycles. The van der Waals surface area contributed by atoms with Gasteiger partial charge in [-0.25, -0.2) is 0 Å². The molecule has 1 aromatic carbocycles. The van der Waals surface area contributed by atoms with Crippen LogP contribution < -0.4 is 9.47 Å². The summed E-state index contributed by atoms with van der Waals surface area (Å²) in [7, 11) is 0. The fraction of sp³-hybridized carbons (Fsp3) is 0.579. The summed E-state index contributed by atoms with van der Waals surface area (Å²) in [5.41, 5.74) is 0. The number of piperazine rings is 1. The van der Waals surface area contributed by atoms with Gasteiger partial charge in [-0.2, -0.15) is 0 Å². The topological polar surface area (TPSA) is 59.1 Å². The van der Waals surface area contributed by atoms with E-state index in [1.165, 1.54) is 0 Å². The quantitative estimate of drug-likeness (QED) is 0.819. The zero-order valence-electron chi connectivity index (χ0n) is 14.4. The molecule has 1 saturated heterocycles. The number of benzene rings is 1. The Bertz CT molecular complexity index is 649. The number of hydrogen-bond donors (Lipinski definition) is 0. The van der Waals surface area contributed by atoms with Crippen molar-refractivity contribution in [1.82, 2.24) is 9.80 Å². The molecular weight excluding hydrogens is 320 g/mol. The lowest BCUT2D eigenvalue weighted by Crippen LogP contribution is -2.55. The average Bonchev–Trinajstić information content (AvgIpc) is 3.21. The molecule has 0 N–H and O–H groups in total. The smallest absolute Gasteiger partial charge is 0.267 e. The average molecular weight is 344 g/mol. The van der Waals surface area contributed by atoms with Gasteiger partial charge in [-0.1, -0.05) is 25.0 Å². The van der Waals surface area contributed by atoms with Crippen molar-refractivity contribution in [3.05, 3.63) is 24.3 Å². The van der Waals surface area contributed by atoms with Gasteiger partial charge < -0.3 is 19.3 Å². The van der Waals surface area contributed by atoms with Crippen molar-refractivity contribution in [2.75, 3.05) is 32.8 Å². The molecule has 0 spiro atoms. The van der Waals surface area contributed by atoms with E-state index in [4.69, 9.17) is 9.47 Å². The molecule has 2 aliphatic heterocycles. The largest absolute Gasteiger partial charge is 0.485 e. The Labute approximate surface area is 147 Å². The van der Waals surface area contributed by atoms with Gasteiger partial charge in [0.05, 0.1) is 0 Å². The molecule has 3 aliphatic rings. The molecule has 6 heteroatoms. The van der Waals surface area contributed by atoms with Crippen molar-refractivity contribution >= 4 is 11.8 Å². The molecule has 2 fully saturated rings. The second kappa shape index (κ2) is 6.94. The lowest BCUT2D eigenvalue weighted by Gasteiger charge is -2.38. The number of amides is 2. The lowest BCUT2D eigenvalue weighted by atomic mass is 10.1. The van der Waals surface area contributed by atoms with E-state index in [1.807, 2.05) is 29.2 Å². The highest BCUT2D eigenvalue weighted by atomic mass is 16.6. The molecule has 1 saturated carbocycles. The third-order valence-electron chi connectivity index (χ3n) is 5.39. The number of ether oxygens (including phenoxy) is 2. The third-order valence-corrected chi connectivity index (χ3v) is 5.39. The summed E-state index contributed by atoms with van der Waals surface area (Å²) in [6, 6.07) is 7.39. The Morgan fingerprint density at radius 1 is 0.880 bits per heavy atom. The molecule has 2 heterocycles. The molecule has 1 unspecified atom stereocenters. The predicted octanol–water partition coefficient (Wildman–Crippen LogP) is 1.69. The highest BCUT2D eigenvalue weighted by molar-refractivity contribution is 5.83. The third kappa shape index (κ3) is 3.30. The fourth-order valence-corrected chi connectivity index (χ4v) is 3.92. The van der Waals surface area contributed by atoms with Gasteiger partial charge in [-0.05, 0) is 25.0 Å². The Morgan fingerprint density at radius 3 is 2.16 bits per heavy atom. The van der Waals surface area contributed by atoms with E-state index >= 15 is 0 Å². The van der Waals surface area contributed by atoms with Crippen molar-refractivity contribution < 1.29 is 19.1 Å². The van der Waals surface area contributed by atoms with E-state index < -0.39 is 6.10 Å². The Hall–Kier alpha value is -2.24. The minimum absolute atomic E-state index is 0.0533. The highest BCUT2D eigenvalue weighted by Gasteiger charge is 2.35. The van der Waals surface area contributed by atoms with Gasteiger partial charge in [0.2, 0.25) is 12.0 Å². The fourth-order valence-electron chi connectivity index (χ4n) is 3.92. The standard InChI is InChI=1S/C19H24N2O4/c22-18(14-5-1-2-6-14)20-9-11-21(12-10-20)19(23)17-13-24-15-7-3-4-8-16(15)25-17/h3-4,7-8,14,17H,1-2,5-6,9-13H2. The Kier molecular flexibility index (Phi) is 4.51. The van der Waals surface area contributed by atoms with E-state index in [1.54, 1.807) is 4.90 Å². The van der Waals surface area contributed by atoms with E-state index in [-0.39, 0.29) is 24.3 Å². The number of carbonyl (C=O) groups is 2. The van der Waals surface area contributed by atoms with Crippen LogP contribution in [-0.2, 0) is 9.59 Å². The minimum atomic E-state index is -0.605. The van der Waals surface area contributed by atoms with Crippen molar-refractivity contribution in [3.63, 3.8) is 0 Å². The monoisotopic (exact) mass is 344 g/mol. The molecule has 2 amide bonds. The zero-order valence-corrected chi connectivity index (χ0v) is 14.4. The molecule has 134 valence electrons. The van der Waals surface area contributed by atoms with Crippen LogP contribution in [0.25, 0.3) is 0 Å². The predicted molar refractivity (Wildman–Crippen MR) is 91.5 cm³/mol. The summed E-state index contributed by atoms with van der Waals surface area (Å²) in [4.78, 5) is 28.9. The summed E-state index contributed by atoms with van der Waals surface area (Å²) in [6.07, 6.45) is 3.76. The first-order chi connectivity index (χ1) is 12.2. The van der Waals surface area contributed by atoms with Crippen molar-refractivity contribution in [2.45, 2.75) is 31.8 Å². The molecule has 0 bridgehead atoms. The summed E-state index contributed by atoms with van der Waals surface area (Å²) in [6.45, 7) is 2.60. The van der Waals surface area contributed by atoms with Crippen LogP contribution in [0.4, 0.5) is 0 Å². The Balaban J connectivity index is 1.32. The molecular formula is C19H24N2O4. The molecule has 1 aromatic rings. The van der Waals surface area contributed by atoms with Crippen molar-refractivity contribution in [3.8, 4) is 11.5 Å². The van der Waals surface area contributed by atoms with Gasteiger partial charge in [0.1, 0.15) is 6.61 Å².